The number of carbonyl (C=O) groups excluding carboxylic acids is 2. The van der Waals surface area contributed by atoms with Crippen molar-refractivity contribution in [2.45, 2.75) is 45.3 Å². The van der Waals surface area contributed by atoms with Gasteiger partial charge in [0.2, 0.25) is 0 Å². The maximum atomic E-state index is 13.7. The van der Waals surface area contributed by atoms with E-state index in [4.69, 9.17) is 4.74 Å². The fraction of sp³-hybridized carbons (Fsp3) is 0.375. The van der Waals surface area contributed by atoms with Crippen LogP contribution in [0.15, 0.2) is 72.8 Å². The molecule has 6 nitrogen and oxygen atoms in total. The molecular weight excluding hydrogens is 474 g/mol. The van der Waals surface area contributed by atoms with Crippen LogP contribution in [0.3, 0.4) is 0 Å². The molecule has 2 atom stereocenters. The Hall–Kier alpha value is -3.64. The first-order valence-electron chi connectivity index (χ1n) is 13.7. The molecule has 38 heavy (non-hydrogen) atoms. The minimum absolute atomic E-state index is 0.0137. The van der Waals surface area contributed by atoms with E-state index < -0.39 is 6.10 Å². The molecule has 2 amide bonds. The monoisotopic (exact) mass is 511 g/mol. The van der Waals surface area contributed by atoms with Gasteiger partial charge >= 0.3 is 0 Å². The molecule has 1 fully saturated rings. The van der Waals surface area contributed by atoms with E-state index in [0.717, 1.165) is 42.7 Å². The molecule has 198 valence electrons. The summed E-state index contributed by atoms with van der Waals surface area (Å²) in [4.78, 5) is 30.7. The van der Waals surface area contributed by atoms with Crippen LogP contribution in [0.4, 0.5) is 0 Å². The number of hydrogen-bond acceptors (Lipinski definition) is 4. The van der Waals surface area contributed by atoms with Gasteiger partial charge in [-0.1, -0.05) is 54.1 Å². The van der Waals surface area contributed by atoms with Crippen molar-refractivity contribution in [1.29, 1.82) is 0 Å². The van der Waals surface area contributed by atoms with E-state index in [-0.39, 0.29) is 17.9 Å². The molecule has 0 aliphatic carbocycles. The van der Waals surface area contributed by atoms with Crippen molar-refractivity contribution >= 4 is 11.8 Å². The molecule has 0 unspecified atom stereocenters. The van der Waals surface area contributed by atoms with Crippen molar-refractivity contribution in [2.24, 2.45) is 0 Å². The second-order valence-corrected chi connectivity index (χ2v) is 10.4. The summed E-state index contributed by atoms with van der Waals surface area (Å²) in [5.41, 5.74) is 5.14. The van der Waals surface area contributed by atoms with Gasteiger partial charge in [-0.15, -0.1) is 0 Å². The molecule has 6 heteroatoms. The number of nitrogens with one attached hydrogen (secondary N) is 1. The second-order valence-electron chi connectivity index (χ2n) is 10.4. The van der Waals surface area contributed by atoms with Gasteiger partial charge in [-0.25, -0.2) is 0 Å². The van der Waals surface area contributed by atoms with E-state index in [1.54, 1.807) is 6.92 Å². The smallest absolute Gasteiger partial charge is 0.260 e. The maximum absolute atomic E-state index is 13.7. The van der Waals surface area contributed by atoms with Crippen molar-refractivity contribution in [3.63, 3.8) is 0 Å². The first kappa shape index (κ1) is 26.0. The number of amides is 2. The zero-order valence-electron chi connectivity index (χ0n) is 22.4. The summed E-state index contributed by atoms with van der Waals surface area (Å²) in [7, 11) is 0. The zero-order valence-corrected chi connectivity index (χ0v) is 22.4. The average molecular weight is 512 g/mol. The topological polar surface area (TPSA) is 61.9 Å². The number of benzene rings is 3. The maximum Gasteiger partial charge on any atom is 0.260 e. The molecule has 0 aromatic heterocycles. The fourth-order valence-corrected chi connectivity index (χ4v) is 5.58. The Morgan fingerprint density at radius 1 is 0.974 bits per heavy atom. The third-order valence-electron chi connectivity index (χ3n) is 7.59. The molecule has 0 saturated carbocycles. The molecule has 2 aliphatic rings. The molecule has 2 heterocycles. The van der Waals surface area contributed by atoms with Gasteiger partial charge in [0.15, 0.2) is 6.10 Å². The lowest BCUT2D eigenvalue weighted by Crippen LogP contribution is -2.41. The minimum atomic E-state index is -0.616. The van der Waals surface area contributed by atoms with Crippen molar-refractivity contribution < 1.29 is 14.3 Å². The van der Waals surface area contributed by atoms with Gasteiger partial charge in [0.05, 0.1) is 6.04 Å². The quantitative estimate of drug-likeness (QED) is 0.474. The van der Waals surface area contributed by atoms with E-state index >= 15 is 0 Å². The van der Waals surface area contributed by atoms with Crippen LogP contribution in [0.5, 0.6) is 5.75 Å². The highest BCUT2D eigenvalue weighted by Crippen LogP contribution is 2.38. The lowest BCUT2D eigenvalue weighted by atomic mass is 9.87. The molecule has 0 spiro atoms. The predicted molar refractivity (Wildman–Crippen MR) is 149 cm³/mol. The highest BCUT2D eigenvalue weighted by molar-refractivity contribution is 5.95. The van der Waals surface area contributed by atoms with Gasteiger partial charge in [0, 0.05) is 25.2 Å². The van der Waals surface area contributed by atoms with Crippen LogP contribution < -0.4 is 10.1 Å². The summed E-state index contributed by atoms with van der Waals surface area (Å²) < 4.78 is 6.12. The number of rotatable bonds is 8. The summed E-state index contributed by atoms with van der Waals surface area (Å²) in [6.45, 7) is 8.22. The summed E-state index contributed by atoms with van der Waals surface area (Å²) in [5, 5.41) is 3.01. The lowest BCUT2D eigenvalue weighted by molar-refractivity contribution is -0.127. The van der Waals surface area contributed by atoms with Gasteiger partial charge < -0.3 is 19.9 Å². The number of ether oxygens (including phenoxy) is 1. The van der Waals surface area contributed by atoms with Gasteiger partial charge in [0.25, 0.3) is 11.8 Å². The number of hydrogen-bond donors (Lipinski definition) is 1. The molecule has 2 aliphatic heterocycles. The Bertz CT molecular complexity index is 1270. The standard InChI is InChI=1S/C32H37N3O3/c1-23-9-8-12-27(21-23)30-29-22-28(38-24(2)31(36)33-16-20-34-17-6-7-18-34)14-13-25(29)15-19-35(30)32(37)26-10-4-3-5-11-26/h3-5,8-14,21-22,24,30H,6-7,15-20H2,1-2H3,(H,33,36)/t24-,30+/m0/s1. The molecule has 1 N–H and O–H groups in total. The van der Waals surface area contributed by atoms with Gasteiger partial charge in [-0.05, 0) is 87.2 Å². The van der Waals surface area contributed by atoms with Crippen molar-refractivity contribution in [3.05, 3.63) is 101 Å². The molecule has 3 aromatic rings. The highest BCUT2D eigenvalue weighted by atomic mass is 16.5. The van der Waals surface area contributed by atoms with Crippen LogP contribution >= 0.6 is 0 Å². The molecule has 0 radical (unpaired) electrons. The number of aryl methyl sites for hydroxylation is 1. The van der Waals surface area contributed by atoms with E-state index in [1.165, 1.54) is 18.4 Å². The van der Waals surface area contributed by atoms with Gasteiger partial charge in [-0.2, -0.15) is 0 Å². The van der Waals surface area contributed by atoms with Gasteiger partial charge in [-0.3, -0.25) is 9.59 Å². The largest absolute Gasteiger partial charge is 0.481 e. The Balaban J connectivity index is 1.37. The zero-order chi connectivity index (χ0) is 26.5. The van der Waals surface area contributed by atoms with Crippen LogP contribution in [0, 0.1) is 6.92 Å². The first-order chi connectivity index (χ1) is 18.5. The number of carbonyl (C=O) groups is 2. The highest BCUT2D eigenvalue weighted by Gasteiger charge is 2.33. The summed E-state index contributed by atoms with van der Waals surface area (Å²) >= 11 is 0. The first-order valence-corrected chi connectivity index (χ1v) is 13.7. The Kier molecular flexibility index (Phi) is 8.08. The Morgan fingerprint density at radius 3 is 2.53 bits per heavy atom. The number of fused-ring (bicyclic) bond motifs is 1. The fourth-order valence-electron chi connectivity index (χ4n) is 5.58. The van der Waals surface area contributed by atoms with Crippen LogP contribution in [-0.4, -0.2) is 60.4 Å². The Morgan fingerprint density at radius 2 is 1.76 bits per heavy atom. The van der Waals surface area contributed by atoms with Gasteiger partial charge in [0.1, 0.15) is 5.75 Å². The van der Waals surface area contributed by atoms with Crippen molar-refractivity contribution in [3.8, 4) is 5.75 Å². The SMILES string of the molecule is Cc1cccc([C@@H]2c3cc(O[C@@H](C)C(=O)NCCN4CCCC4)ccc3CCN2C(=O)c2ccccc2)c1. The van der Waals surface area contributed by atoms with E-state index in [1.807, 2.05) is 53.4 Å². The van der Waals surface area contributed by atoms with Crippen molar-refractivity contribution in [2.75, 3.05) is 32.7 Å². The van der Waals surface area contributed by atoms with Crippen LogP contribution in [0.25, 0.3) is 0 Å². The van der Waals surface area contributed by atoms with E-state index in [9.17, 15) is 9.59 Å². The van der Waals surface area contributed by atoms with Crippen molar-refractivity contribution in [1.82, 2.24) is 15.1 Å². The summed E-state index contributed by atoms with van der Waals surface area (Å²) in [6, 6.07) is 23.6. The number of nitrogens with zero attached hydrogens (tertiary/aromatic N) is 2. The van der Waals surface area contributed by atoms with E-state index in [2.05, 4.69) is 41.4 Å². The molecular formula is C32H37N3O3. The molecule has 1 saturated heterocycles. The second kappa shape index (κ2) is 11.8. The van der Waals surface area contributed by atoms with Crippen LogP contribution in [-0.2, 0) is 11.2 Å². The average Bonchev–Trinajstić information content (AvgIpc) is 3.46. The molecule has 3 aromatic carbocycles. The van der Waals surface area contributed by atoms with Crippen LogP contribution in [0.1, 0.15) is 58.4 Å². The summed E-state index contributed by atoms with van der Waals surface area (Å²) in [6.07, 6.45) is 2.63. The van der Waals surface area contributed by atoms with E-state index in [0.29, 0.717) is 24.4 Å². The normalized spacial score (nSPS) is 18.1. The third-order valence-corrected chi connectivity index (χ3v) is 7.59. The predicted octanol–water partition coefficient (Wildman–Crippen LogP) is 4.76. The number of likely N-dealkylation sites (tertiary alicyclic amines) is 1. The molecule has 5 rings (SSSR count). The summed E-state index contributed by atoms with van der Waals surface area (Å²) in [5.74, 6) is 0.537. The molecule has 0 bridgehead atoms. The van der Waals surface area contributed by atoms with Crippen LogP contribution in [0.2, 0.25) is 0 Å². The third kappa shape index (κ3) is 5.91. The Labute approximate surface area is 225 Å². The lowest BCUT2D eigenvalue weighted by Gasteiger charge is -2.38. The minimum Gasteiger partial charge on any atom is -0.481 e.